The minimum Gasteiger partial charge on any atom is -0.467 e. The van der Waals surface area contributed by atoms with E-state index in [2.05, 4.69) is 20.6 Å². The molecule has 14 heteroatoms. The van der Waals surface area contributed by atoms with Gasteiger partial charge in [0.1, 0.15) is 35.0 Å². The normalized spacial score (nSPS) is 22.4. The summed E-state index contributed by atoms with van der Waals surface area (Å²) in [5.41, 5.74) is -1.14. The van der Waals surface area contributed by atoms with E-state index in [4.69, 9.17) is 18.9 Å². The average molecular weight is 528 g/mol. The van der Waals surface area contributed by atoms with Gasteiger partial charge in [0.05, 0.1) is 14.2 Å². The molecule has 2 aromatic rings. The Balaban J connectivity index is 2.07. The second-order valence-electron chi connectivity index (χ2n) is 7.99. The van der Waals surface area contributed by atoms with Gasteiger partial charge >= 0.3 is 23.9 Å². The van der Waals surface area contributed by atoms with E-state index in [0.29, 0.717) is 0 Å². The first kappa shape index (κ1) is 27.7. The van der Waals surface area contributed by atoms with Gasteiger partial charge in [-0.15, -0.1) is 0 Å². The number of nitrogens with zero attached hydrogens (tertiary/aromatic N) is 2. The van der Waals surface area contributed by atoms with Crippen LogP contribution < -0.4 is 10.6 Å². The lowest BCUT2D eigenvalue weighted by Gasteiger charge is -2.24. The van der Waals surface area contributed by atoms with Crippen LogP contribution in [0.2, 0.25) is 0 Å². The standard InChI is InChI=1S/C24H24N4O10/c1-11-17(23(33)35-3)27-19(29)13-7-5-8-14(25-13)20(30)28-18(24(34)36-4)12(2)38-22(32)16-10-6-9-15(26-16)21(31)37-11/h5-12,17-18H,1-4H3,(H,27,29)(H,28,30). The number of amides is 2. The number of nitrogens with one attached hydrogen (secondary N) is 2. The molecular weight excluding hydrogens is 504 g/mol. The van der Waals surface area contributed by atoms with Gasteiger partial charge in [0.2, 0.25) is 0 Å². The molecule has 2 amide bonds. The molecule has 4 unspecified atom stereocenters. The van der Waals surface area contributed by atoms with Crippen molar-refractivity contribution >= 4 is 35.7 Å². The predicted octanol–water partition coefficient (Wildman–Crippen LogP) is -0.176. The maximum absolute atomic E-state index is 12.9. The Labute approximate surface area is 216 Å². The van der Waals surface area contributed by atoms with Gasteiger partial charge in [0.15, 0.2) is 12.1 Å². The van der Waals surface area contributed by atoms with E-state index in [1.807, 2.05) is 0 Å². The molecule has 1 aliphatic heterocycles. The Hall–Kier alpha value is -4.88. The molecule has 3 heterocycles. The highest BCUT2D eigenvalue weighted by Gasteiger charge is 2.34. The van der Waals surface area contributed by atoms with Gasteiger partial charge in [-0.05, 0) is 38.1 Å². The van der Waals surface area contributed by atoms with Crippen molar-refractivity contribution in [1.29, 1.82) is 0 Å². The fourth-order valence-corrected chi connectivity index (χ4v) is 3.36. The Morgan fingerprint density at radius 1 is 0.684 bits per heavy atom. The molecule has 1 aliphatic rings. The van der Waals surface area contributed by atoms with Crippen molar-refractivity contribution in [3.8, 4) is 0 Å². The molecule has 0 aliphatic carbocycles. The number of ether oxygens (including phenoxy) is 4. The summed E-state index contributed by atoms with van der Waals surface area (Å²) in [7, 11) is 2.15. The summed E-state index contributed by atoms with van der Waals surface area (Å²) in [6, 6.07) is 4.81. The third-order valence-corrected chi connectivity index (χ3v) is 5.39. The van der Waals surface area contributed by atoms with E-state index in [-0.39, 0.29) is 22.8 Å². The molecule has 200 valence electrons. The van der Waals surface area contributed by atoms with Crippen molar-refractivity contribution in [1.82, 2.24) is 20.6 Å². The summed E-state index contributed by atoms with van der Waals surface area (Å²) in [5, 5.41) is 4.74. The number of carbonyl (C=O) groups excluding carboxylic acids is 6. The summed E-state index contributed by atoms with van der Waals surface area (Å²) in [5.74, 6) is -5.64. The lowest BCUT2D eigenvalue weighted by Crippen LogP contribution is -2.50. The number of carbonyl (C=O) groups is 6. The van der Waals surface area contributed by atoms with Gasteiger partial charge in [-0.3, -0.25) is 9.59 Å². The van der Waals surface area contributed by atoms with Crippen molar-refractivity contribution in [2.75, 3.05) is 14.2 Å². The highest BCUT2D eigenvalue weighted by atomic mass is 16.6. The van der Waals surface area contributed by atoms with Crippen LogP contribution in [0.5, 0.6) is 0 Å². The van der Waals surface area contributed by atoms with E-state index >= 15 is 0 Å². The molecule has 2 aromatic heterocycles. The van der Waals surface area contributed by atoms with Crippen LogP contribution in [0.4, 0.5) is 0 Å². The number of aromatic nitrogens is 2. The maximum Gasteiger partial charge on any atom is 0.357 e. The van der Waals surface area contributed by atoms with Crippen molar-refractivity contribution in [2.45, 2.75) is 38.1 Å². The molecule has 38 heavy (non-hydrogen) atoms. The van der Waals surface area contributed by atoms with Crippen LogP contribution in [-0.4, -0.2) is 84.2 Å². The van der Waals surface area contributed by atoms with E-state index in [1.165, 1.54) is 50.2 Å². The second kappa shape index (κ2) is 11.9. The molecule has 0 aromatic carbocycles. The SMILES string of the molecule is COC(=O)C1NC(=O)c2cccc(n2)C(=O)NC(C(=O)OC)C(C)OC(=O)c2cccc(n2)C(=O)OC1C. The molecule has 0 spiro atoms. The van der Waals surface area contributed by atoms with Gasteiger partial charge in [-0.25, -0.2) is 29.1 Å². The monoisotopic (exact) mass is 528 g/mol. The van der Waals surface area contributed by atoms with Gasteiger partial charge < -0.3 is 29.6 Å². The van der Waals surface area contributed by atoms with E-state index in [1.54, 1.807) is 0 Å². The van der Waals surface area contributed by atoms with E-state index < -0.39 is 60.0 Å². The van der Waals surface area contributed by atoms with E-state index in [9.17, 15) is 28.8 Å². The highest BCUT2D eigenvalue weighted by molar-refractivity contribution is 5.99. The van der Waals surface area contributed by atoms with Gasteiger partial charge in [-0.2, -0.15) is 0 Å². The first-order valence-electron chi connectivity index (χ1n) is 11.2. The van der Waals surface area contributed by atoms with Crippen molar-refractivity contribution < 1.29 is 47.7 Å². The third-order valence-electron chi connectivity index (χ3n) is 5.39. The zero-order valence-corrected chi connectivity index (χ0v) is 20.8. The van der Waals surface area contributed by atoms with Crippen LogP contribution in [0.15, 0.2) is 36.4 Å². The zero-order valence-electron chi connectivity index (χ0n) is 20.8. The Kier molecular flexibility index (Phi) is 8.68. The van der Waals surface area contributed by atoms with Crippen molar-refractivity contribution in [2.24, 2.45) is 0 Å². The molecule has 2 N–H and O–H groups in total. The number of rotatable bonds is 2. The van der Waals surface area contributed by atoms with Gasteiger partial charge in [0, 0.05) is 0 Å². The molecule has 3 rings (SSSR count). The largest absolute Gasteiger partial charge is 0.467 e. The Morgan fingerprint density at radius 2 is 1.03 bits per heavy atom. The molecule has 0 saturated carbocycles. The highest BCUT2D eigenvalue weighted by Crippen LogP contribution is 2.12. The Bertz CT molecular complexity index is 1190. The summed E-state index contributed by atoms with van der Waals surface area (Å²) in [4.78, 5) is 83.9. The first-order valence-corrected chi connectivity index (χ1v) is 11.2. The molecule has 14 nitrogen and oxygen atoms in total. The molecule has 0 saturated heterocycles. The third kappa shape index (κ3) is 6.27. The molecule has 0 radical (unpaired) electrons. The molecule has 4 bridgehead atoms. The van der Waals surface area contributed by atoms with Gasteiger partial charge in [0.25, 0.3) is 11.8 Å². The summed E-state index contributed by atoms with van der Waals surface area (Å²) >= 11 is 0. The van der Waals surface area contributed by atoms with Crippen molar-refractivity contribution in [3.63, 3.8) is 0 Å². The molecule has 4 atom stereocenters. The Morgan fingerprint density at radius 3 is 1.39 bits per heavy atom. The smallest absolute Gasteiger partial charge is 0.357 e. The summed E-state index contributed by atoms with van der Waals surface area (Å²) in [6.45, 7) is 2.67. The number of fused-ring (bicyclic) bond motifs is 4. The van der Waals surface area contributed by atoms with Crippen LogP contribution in [0.3, 0.4) is 0 Å². The van der Waals surface area contributed by atoms with Gasteiger partial charge in [-0.1, -0.05) is 12.1 Å². The number of cyclic esters (lactones) is 2. The summed E-state index contributed by atoms with van der Waals surface area (Å²) < 4.78 is 20.0. The topological polar surface area (TPSA) is 189 Å². The number of pyridine rings is 2. The fraction of sp³-hybridized carbons (Fsp3) is 0.333. The minimum atomic E-state index is -1.47. The number of hydrogen-bond donors (Lipinski definition) is 2. The quantitative estimate of drug-likeness (QED) is 0.387. The first-order chi connectivity index (χ1) is 18.0. The number of methoxy groups -OCH3 is 2. The predicted molar refractivity (Wildman–Crippen MR) is 125 cm³/mol. The minimum absolute atomic E-state index is 0.269. The molecular formula is C24H24N4O10. The van der Waals surface area contributed by atoms with E-state index in [0.717, 1.165) is 14.2 Å². The van der Waals surface area contributed by atoms with Crippen LogP contribution >= 0.6 is 0 Å². The van der Waals surface area contributed by atoms with Crippen LogP contribution in [-0.2, 0) is 28.5 Å². The number of hydrogen-bond acceptors (Lipinski definition) is 12. The van der Waals surface area contributed by atoms with Crippen LogP contribution in [0, 0.1) is 0 Å². The average Bonchev–Trinajstić information content (AvgIpc) is 2.92. The second-order valence-corrected chi connectivity index (χ2v) is 7.99. The van der Waals surface area contributed by atoms with Crippen LogP contribution in [0.25, 0.3) is 0 Å². The maximum atomic E-state index is 12.9. The lowest BCUT2D eigenvalue weighted by molar-refractivity contribution is -0.146. The van der Waals surface area contributed by atoms with Crippen molar-refractivity contribution in [3.05, 3.63) is 59.2 Å². The fourth-order valence-electron chi connectivity index (χ4n) is 3.36. The molecule has 0 fully saturated rings. The number of esters is 4. The zero-order chi connectivity index (χ0) is 28.0. The lowest BCUT2D eigenvalue weighted by atomic mass is 10.1. The van der Waals surface area contributed by atoms with Crippen LogP contribution in [0.1, 0.15) is 55.8 Å². The summed E-state index contributed by atoms with van der Waals surface area (Å²) in [6.07, 6.45) is -2.50.